The van der Waals surface area contributed by atoms with Crippen LogP contribution in [0, 0.1) is 0 Å². The van der Waals surface area contributed by atoms with E-state index in [1.807, 2.05) is 0 Å². The molecule has 2 aliphatic rings. The zero-order chi connectivity index (χ0) is 10.5. The van der Waals surface area contributed by atoms with Crippen molar-refractivity contribution in [1.29, 1.82) is 0 Å². The van der Waals surface area contributed by atoms with Crippen molar-refractivity contribution in [3.05, 3.63) is 11.8 Å². The van der Waals surface area contributed by atoms with Gasteiger partial charge in [0.1, 0.15) is 5.76 Å². The third-order valence-electron chi connectivity index (χ3n) is 3.05. The smallest absolute Gasteiger partial charge is 0.110 e. The topological polar surface area (TPSA) is 21.3 Å². The first-order chi connectivity index (χ1) is 7.42. The van der Waals surface area contributed by atoms with Crippen LogP contribution < -0.4 is 5.32 Å². The van der Waals surface area contributed by atoms with Crippen LogP contribution in [-0.4, -0.2) is 30.2 Å². The van der Waals surface area contributed by atoms with Gasteiger partial charge in [0.15, 0.2) is 0 Å². The summed E-state index contributed by atoms with van der Waals surface area (Å²) in [5, 5.41) is 4.31. The van der Waals surface area contributed by atoms with E-state index >= 15 is 0 Å². The van der Waals surface area contributed by atoms with Crippen LogP contribution in [0.4, 0.5) is 0 Å². The van der Waals surface area contributed by atoms with Gasteiger partial charge in [0.25, 0.3) is 0 Å². The Kier molecular flexibility index (Phi) is 4.39. The molecule has 15 heavy (non-hydrogen) atoms. The van der Waals surface area contributed by atoms with Crippen molar-refractivity contribution >= 4 is 11.8 Å². The minimum atomic E-state index is 0.461. The van der Waals surface area contributed by atoms with Crippen molar-refractivity contribution in [2.24, 2.45) is 0 Å². The maximum atomic E-state index is 5.71. The lowest BCUT2D eigenvalue weighted by Crippen LogP contribution is -2.41. The van der Waals surface area contributed by atoms with Crippen molar-refractivity contribution in [1.82, 2.24) is 5.32 Å². The van der Waals surface area contributed by atoms with Gasteiger partial charge in [0.2, 0.25) is 0 Å². The van der Waals surface area contributed by atoms with Gasteiger partial charge in [-0.15, -0.1) is 0 Å². The Morgan fingerprint density at radius 3 is 3.13 bits per heavy atom. The summed E-state index contributed by atoms with van der Waals surface area (Å²) in [5.74, 6) is 2.52. The number of ether oxygens (including phenoxy) is 1. The minimum Gasteiger partial charge on any atom is -0.496 e. The lowest BCUT2D eigenvalue weighted by Gasteiger charge is -2.30. The van der Waals surface area contributed by atoms with E-state index in [4.69, 9.17) is 4.74 Å². The molecule has 2 nitrogen and oxygen atoms in total. The van der Waals surface area contributed by atoms with Gasteiger partial charge in [0.05, 0.1) is 12.6 Å². The molecule has 0 saturated carbocycles. The second kappa shape index (κ2) is 5.80. The quantitative estimate of drug-likeness (QED) is 0.797. The van der Waals surface area contributed by atoms with Crippen LogP contribution in [0.1, 0.15) is 32.6 Å². The van der Waals surface area contributed by atoms with Crippen molar-refractivity contribution in [3.63, 3.8) is 0 Å². The van der Waals surface area contributed by atoms with Crippen LogP contribution in [0.15, 0.2) is 11.8 Å². The Hall–Kier alpha value is -0.150. The molecule has 1 fully saturated rings. The maximum absolute atomic E-state index is 5.71. The zero-order valence-corrected chi connectivity index (χ0v) is 10.3. The lowest BCUT2D eigenvalue weighted by molar-refractivity contribution is 0.212. The first-order valence-electron chi connectivity index (χ1n) is 6.09. The first-order valence-corrected chi connectivity index (χ1v) is 7.14. The van der Waals surface area contributed by atoms with Gasteiger partial charge < -0.3 is 10.1 Å². The van der Waals surface area contributed by atoms with Gasteiger partial charge in [0, 0.05) is 11.7 Å². The van der Waals surface area contributed by atoms with Gasteiger partial charge in [-0.2, -0.15) is 11.8 Å². The first kappa shape index (κ1) is 11.3. The molecule has 3 heteroatoms. The summed E-state index contributed by atoms with van der Waals surface area (Å²) in [4.78, 5) is 0. The summed E-state index contributed by atoms with van der Waals surface area (Å²) in [7, 11) is 0. The summed E-state index contributed by atoms with van der Waals surface area (Å²) in [6, 6.07) is 0.461. The van der Waals surface area contributed by atoms with E-state index in [1.54, 1.807) is 0 Å². The SMILES string of the molecule is CCNC(C1=CCCO1)C1CCCCS1. The van der Waals surface area contributed by atoms with Gasteiger partial charge in [-0.3, -0.25) is 0 Å². The Morgan fingerprint density at radius 1 is 1.60 bits per heavy atom. The Labute approximate surface area is 96.8 Å². The van der Waals surface area contributed by atoms with E-state index in [9.17, 15) is 0 Å². The van der Waals surface area contributed by atoms with Crippen molar-refractivity contribution in [2.75, 3.05) is 18.9 Å². The van der Waals surface area contributed by atoms with Crippen molar-refractivity contribution in [3.8, 4) is 0 Å². The van der Waals surface area contributed by atoms with E-state index < -0.39 is 0 Å². The molecule has 86 valence electrons. The molecule has 2 heterocycles. The average Bonchev–Trinajstić information content (AvgIpc) is 2.80. The third-order valence-corrected chi connectivity index (χ3v) is 4.51. The van der Waals surface area contributed by atoms with Crippen molar-refractivity contribution < 1.29 is 4.74 Å². The van der Waals surface area contributed by atoms with E-state index in [0.717, 1.165) is 24.8 Å². The third kappa shape index (κ3) is 2.91. The summed E-state index contributed by atoms with van der Waals surface area (Å²) < 4.78 is 5.71. The van der Waals surface area contributed by atoms with Crippen LogP contribution in [0.2, 0.25) is 0 Å². The molecule has 1 saturated heterocycles. The maximum Gasteiger partial charge on any atom is 0.110 e. The largest absolute Gasteiger partial charge is 0.496 e. The number of likely N-dealkylation sites (N-methyl/N-ethyl adjacent to an activating group) is 1. The molecule has 2 rings (SSSR count). The summed E-state index contributed by atoms with van der Waals surface area (Å²) in [5.41, 5.74) is 0. The molecule has 0 aliphatic carbocycles. The number of hydrogen-bond acceptors (Lipinski definition) is 3. The predicted molar refractivity (Wildman–Crippen MR) is 66.2 cm³/mol. The number of hydrogen-bond donors (Lipinski definition) is 1. The molecule has 2 atom stereocenters. The molecule has 1 N–H and O–H groups in total. The molecular weight excluding hydrogens is 206 g/mol. The van der Waals surface area contributed by atoms with Crippen LogP contribution in [0.25, 0.3) is 0 Å². The minimum absolute atomic E-state index is 0.461. The highest BCUT2D eigenvalue weighted by Gasteiger charge is 2.28. The van der Waals surface area contributed by atoms with Crippen molar-refractivity contribution in [2.45, 2.75) is 43.9 Å². The molecule has 0 bridgehead atoms. The molecule has 2 aliphatic heterocycles. The molecule has 0 radical (unpaired) electrons. The van der Waals surface area contributed by atoms with Gasteiger partial charge in [-0.05, 0) is 31.2 Å². The number of nitrogens with one attached hydrogen (secondary N) is 1. The van der Waals surface area contributed by atoms with Gasteiger partial charge in [-0.25, -0.2) is 0 Å². The molecule has 0 aromatic carbocycles. The standard InChI is InChI=1S/C12H21NOS/c1-2-13-12(10-6-5-8-14-10)11-7-3-4-9-15-11/h6,11-13H,2-5,7-9H2,1H3. The lowest BCUT2D eigenvalue weighted by atomic mass is 10.1. The van der Waals surface area contributed by atoms with E-state index in [1.165, 1.54) is 30.8 Å². The number of thioether (sulfide) groups is 1. The molecule has 0 aromatic heterocycles. The summed E-state index contributed by atoms with van der Waals surface area (Å²) in [6.45, 7) is 4.09. The molecule has 0 aromatic rings. The van der Waals surface area contributed by atoms with E-state index in [2.05, 4.69) is 30.1 Å². The van der Waals surface area contributed by atoms with Crippen LogP contribution in [-0.2, 0) is 4.74 Å². The predicted octanol–water partition coefficient (Wildman–Crippen LogP) is 2.55. The van der Waals surface area contributed by atoms with Crippen LogP contribution in [0.5, 0.6) is 0 Å². The number of rotatable bonds is 4. The fraction of sp³-hybridized carbons (Fsp3) is 0.833. The fourth-order valence-electron chi connectivity index (χ4n) is 2.32. The zero-order valence-electron chi connectivity index (χ0n) is 9.50. The second-order valence-electron chi connectivity index (χ2n) is 4.18. The monoisotopic (exact) mass is 227 g/mol. The highest BCUT2D eigenvalue weighted by molar-refractivity contribution is 8.00. The second-order valence-corrected chi connectivity index (χ2v) is 5.53. The fourth-order valence-corrected chi connectivity index (χ4v) is 3.75. The highest BCUT2D eigenvalue weighted by atomic mass is 32.2. The normalized spacial score (nSPS) is 28.3. The molecular formula is C12H21NOS. The highest BCUT2D eigenvalue weighted by Crippen LogP contribution is 2.31. The summed E-state index contributed by atoms with van der Waals surface area (Å²) >= 11 is 2.11. The summed E-state index contributed by atoms with van der Waals surface area (Å²) in [6.07, 6.45) is 7.47. The Bertz CT molecular complexity index is 224. The molecule has 0 amide bonds. The van der Waals surface area contributed by atoms with E-state index in [0.29, 0.717) is 6.04 Å². The van der Waals surface area contributed by atoms with E-state index in [-0.39, 0.29) is 0 Å². The Balaban J connectivity index is 1.97. The van der Waals surface area contributed by atoms with Gasteiger partial charge >= 0.3 is 0 Å². The van der Waals surface area contributed by atoms with Crippen LogP contribution in [0.3, 0.4) is 0 Å². The molecule has 0 spiro atoms. The van der Waals surface area contributed by atoms with Crippen LogP contribution >= 0.6 is 11.8 Å². The Morgan fingerprint density at radius 2 is 2.53 bits per heavy atom. The van der Waals surface area contributed by atoms with Gasteiger partial charge in [-0.1, -0.05) is 13.3 Å². The average molecular weight is 227 g/mol. The molecule has 2 unspecified atom stereocenters.